The molecular formula is C14H22N2OS. The van der Waals surface area contributed by atoms with Crippen LogP contribution < -0.4 is 0 Å². The Morgan fingerprint density at radius 3 is 2.72 bits per heavy atom. The molecule has 0 aromatic carbocycles. The van der Waals surface area contributed by atoms with Crippen LogP contribution in [0.4, 0.5) is 0 Å². The third kappa shape index (κ3) is 2.81. The van der Waals surface area contributed by atoms with Crippen molar-refractivity contribution < 1.29 is 4.79 Å². The molecule has 0 bridgehead atoms. The van der Waals surface area contributed by atoms with Gasteiger partial charge in [0.05, 0.1) is 11.0 Å². The minimum atomic E-state index is -0.287. The fourth-order valence-corrected chi connectivity index (χ4v) is 3.26. The SMILES string of the molecule is CCC(C)(C(=O)Cc1cncs1)N1CCCCC1. The largest absolute Gasteiger partial charge is 0.297 e. The van der Waals surface area contributed by atoms with Crippen LogP contribution in [-0.2, 0) is 11.2 Å². The maximum Gasteiger partial charge on any atom is 0.158 e. The second kappa shape index (κ2) is 5.93. The number of ketones is 1. The average Bonchev–Trinajstić information content (AvgIpc) is 2.91. The van der Waals surface area contributed by atoms with Crippen LogP contribution in [-0.4, -0.2) is 34.3 Å². The summed E-state index contributed by atoms with van der Waals surface area (Å²) in [5, 5.41) is 0. The van der Waals surface area contributed by atoms with Crippen molar-refractivity contribution >= 4 is 17.1 Å². The van der Waals surface area contributed by atoms with E-state index in [1.807, 2.05) is 6.20 Å². The molecule has 1 aromatic heterocycles. The molecule has 0 radical (unpaired) electrons. The van der Waals surface area contributed by atoms with E-state index in [1.165, 1.54) is 19.3 Å². The molecule has 18 heavy (non-hydrogen) atoms. The van der Waals surface area contributed by atoms with Gasteiger partial charge in [-0.3, -0.25) is 14.7 Å². The predicted octanol–water partition coefficient (Wildman–Crippen LogP) is 2.91. The van der Waals surface area contributed by atoms with Crippen molar-refractivity contribution in [1.82, 2.24) is 9.88 Å². The minimum Gasteiger partial charge on any atom is -0.297 e. The van der Waals surface area contributed by atoms with E-state index in [-0.39, 0.29) is 5.54 Å². The summed E-state index contributed by atoms with van der Waals surface area (Å²) in [7, 11) is 0. The zero-order valence-electron chi connectivity index (χ0n) is 11.3. The van der Waals surface area contributed by atoms with Gasteiger partial charge in [0.2, 0.25) is 0 Å². The van der Waals surface area contributed by atoms with E-state index in [4.69, 9.17) is 0 Å². The van der Waals surface area contributed by atoms with E-state index in [2.05, 4.69) is 23.7 Å². The van der Waals surface area contributed by atoms with Crippen molar-refractivity contribution in [3.8, 4) is 0 Å². The standard InChI is InChI=1S/C14H22N2OS/c1-3-14(2,16-7-5-4-6-8-16)13(17)9-12-10-15-11-18-12/h10-11H,3-9H2,1-2H3. The molecule has 1 aliphatic rings. The van der Waals surface area contributed by atoms with Crippen molar-refractivity contribution in [3.63, 3.8) is 0 Å². The topological polar surface area (TPSA) is 33.2 Å². The maximum atomic E-state index is 12.6. The average molecular weight is 266 g/mol. The molecule has 0 N–H and O–H groups in total. The normalized spacial score (nSPS) is 20.6. The third-order valence-electron chi connectivity index (χ3n) is 4.16. The van der Waals surface area contributed by atoms with Gasteiger partial charge in [-0.15, -0.1) is 11.3 Å². The summed E-state index contributed by atoms with van der Waals surface area (Å²) >= 11 is 1.57. The number of piperidine rings is 1. The molecule has 2 rings (SSSR count). The van der Waals surface area contributed by atoms with Crippen molar-refractivity contribution in [2.75, 3.05) is 13.1 Å². The van der Waals surface area contributed by atoms with Gasteiger partial charge in [0.1, 0.15) is 0 Å². The summed E-state index contributed by atoms with van der Waals surface area (Å²) in [6.45, 7) is 6.37. The quantitative estimate of drug-likeness (QED) is 0.821. The van der Waals surface area contributed by atoms with Gasteiger partial charge < -0.3 is 0 Å². The lowest BCUT2D eigenvalue weighted by Crippen LogP contribution is -2.54. The van der Waals surface area contributed by atoms with Crippen LogP contribution in [0.3, 0.4) is 0 Å². The molecule has 0 saturated carbocycles. The number of carbonyl (C=O) groups is 1. The van der Waals surface area contributed by atoms with Gasteiger partial charge in [-0.05, 0) is 39.3 Å². The molecule has 1 atom stereocenters. The van der Waals surface area contributed by atoms with Crippen LogP contribution in [0.5, 0.6) is 0 Å². The molecule has 3 nitrogen and oxygen atoms in total. The predicted molar refractivity (Wildman–Crippen MR) is 74.9 cm³/mol. The van der Waals surface area contributed by atoms with Crippen LogP contribution in [0.2, 0.25) is 0 Å². The number of aromatic nitrogens is 1. The molecule has 2 heterocycles. The fraction of sp³-hybridized carbons (Fsp3) is 0.714. The van der Waals surface area contributed by atoms with E-state index < -0.39 is 0 Å². The van der Waals surface area contributed by atoms with Crippen molar-refractivity contribution in [3.05, 3.63) is 16.6 Å². The Balaban J connectivity index is 2.07. The van der Waals surface area contributed by atoms with Crippen LogP contribution in [0, 0.1) is 0 Å². The lowest BCUT2D eigenvalue weighted by Gasteiger charge is -2.41. The Morgan fingerprint density at radius 1 is 1.44 bits per heavy atom. The highest BCUT2D eigenvalue weighted by Gasteiger charge is 2.37. The number of hydrogen-bond acceptors (Lipinski definition) is 4. The Hall–Kier alpha value is -0.740. The Kier molecular flexibility index (Phi) is 4.51. The molecule has 1 saturated heterocycles. The summed E-state index contributed by atoms with van der Waals surface area (Å²) in [4.78, 5) is 20.1. The second-order valence-corrected chi connectivity index (χ2v) is 6.21. The van der Waals surface area contributed by atoms with E-state index in [0.717, 1.165) is 24.4 Å². The first kappa shape index (κ1) is 13.7. The Labute approximate surface area is 113 Å². The Morgan fingerprint density at radius 2 is 2.17 bits per heavy atom. The molecule has 0 spiro atoms. The van der Waals surface area contributed by atoms with Crippen LogP contribution in [0.1, 0.15) is 44.4 Å². The van der Waals surface area contributed by atoms with Crippen molar-refractivity contribution in [2.45, 2.75) is 51.5 Å². The van der Waals surface area contributed by atoms with Crippen LogP contribution in [0.25, 0.3) is 0 Å². The lowest BCUT2D eigenvalue weighted by atomic mass is 9.87. The summed E-state index contributed by atoms with van der Waals surface area (Å²) < 4.78 is 0. The van der Waals surface area contributed by atoms with Gasteiger partial charge in [-0.25, -0.2) is 0 Å². The molecule has 4 heteroatoms. The number of rotatable bonds is 5. The summed E-state index contributed by atoms with van der Waals surface area (Å²) in [5.74, 6) is 0.344. The smallest absolute Gasteiger partial charge is 0.158 e. The first-order chi connectivity index (χ1) is 8.66. The number of likely N-dealkylation sites (tertiary alicyclic amines) is 1. The highest BCUT2D eigenvalue weighted by Crippen LogP contribution is 2.26. The van der Waals surface area contributed by atoms with E-state index in [9.17, 15) is 4.79 Å². The molecule has 1 aromatic rings. The third-order valence-corrected chi connectivity index (χ3v) is 4.94. The zero-order chi connectivity index (χ0) is 13.0. The van der Waals surface area contributed by atoms with Gasteiger partial charge >= 0.3 is 0 Å². The van der Waals surface area contributed by atoms with Crippen molar-refractivity contribution in [1.29, 1.82) is 0 Å². The summed E-state index contributed by atoms with van der Waals surface area (Å²) in [5.41, 5.74) is 1.51. The number of hydrogen-bond donors (Lipinski definition) is 0. The first-order valence-corrected chi connectivity index (χ1v) is 7.70. The van der Waals surface area contributed by atoms with Crippen LogP contribution >= 0.6 is 11.3 Å². The van der Waals surface area contributed by atoms with E-state index in [1.54, 1.807) is 16.8 Å². The van der Waals surface area contributed by atoms with E-state index >= 15 is 0 Å². The monoisotopic (exact) mass is 266 g/mol. The second-order valence-electron chi connectivity index (χ2n) is 5.24. The maximum absolute atomic E-state index is 12.6. The van der Waals surface area contributed by atoms with Gasteiger partial charge in [0, 0.05) is 17.5 Å². The van der Waals surface area contributed by atoms with Gasteiger partial charge in [-0.1, -0.05) is 13.3 Å². The summed E-state index contributed by atoms with van der Waals surface area (Å²) in [6.07, 6.45) is 7.00. The molecule has 1 fully saturated rings. The molecule has 1 aliphatic heterocycles. The number of carbonyl (C=O) groups excluding carboxylic acids is 1. The van der Waals surface area contributed by atoms with Crippen LogP contribution in [0.15, 0.2) is 11.7 Å². The number of thiazole rings is 1. The van der Waals surface area contributed by atoms with Gasteiger partial charge in [0.25, 0.3) is 0 Å². The Bertz CT molecular complexity index is 385. The highest BCUT2D eigenvalue weighted by molar-refractivity contribution is 7.09. The van der Waals surface area contributed by atoms with Crippen molar-refractivity contribution in [2.24, 2.45) is 0 Å². The number of Topliss-reactive ketones (excluding diaryl/α,β-unsaturated/α-hetero) is 1. The number of nitrogens with zero attached hydrogens (tertiary/aromatic N) is 2. The van der Waals surface area contributed by atoms with E-state index in [0.29, 0.717) is 12.2 Å². The van der Waals surface area contributed by atoms with Gasteiger partial charge in [-0.2, -0.15) is 0 Å². The molecule has 100 valence electrons. The molecule has 0 amide bonds. The lowest BCUT2D eigenvalue weighted by molar-refractivity contribution is -0.130. The molecule has 0 aliphatic carbocycles. The molecular weight excluding hydrogens is 244 g/mol. The minimum absolute atomic E-state index is 0.287. The van der Waals surface area contributed by atoms with Gasteiger partial charge in [0.15, 0.2) is 5.78 Å². The summed E-state index contributed by atoms with van der Waals surface area (Å²) in [6, 6.07) is 0. The molecule has 1 unspecified atom stereocenters. The zero-order valence-corrected chi connectivity index (χ0v) is 12.1. The highest BCUT2D eigenvalue weighted by atomic mass is 32.1. The fourth-order valence-electron chi connectivity index (χ4n) is 2.66. The first-order valence-electron chi connectivity index (χ1n) is 6.82.